The number of hydrogen-bond donors (Lipinski definition) is 1. The minimum absolute atomic E-state index is 0.211. The van der Waals surface area contributed by atoms with Crippen molar-refractivity contribution in [3.05, 3.63) is 12.2 Å². The Kier molecular flexibility index (Phi) is 3.50. The largest absolute Gasteiger partial charge is 0.327 e. The highest BCUT2D eigenvalue weighted by molar-refractivity contribution is 7.92. The van der Waals surface area contributed by atoms with Crippen molar-refractivity contribution in [2.24, 2.45) is 5.73 Å². The van der Waals surface area contributed by atoms with Gasteiger partial charge in [0.2, 0.25) is 0 Å². The Labute approximate surface area is 79.9 Å². The Hall–Kier alpha value is -0.350. The highest BCUT2D eigenvalue weighted by Gasteiger charge is 2.28. The highest BCUT2D eigenvalue weighted by Crippen LogP contribution is 2.24. The molecule has 1 aliphatic rings. The molecule has 3 nitrogen and oxygen atoms in total. The molecule has 0 saturated carbocycles. The third-order valence-corrected chi connectivity index (χ3v) is 4.79. The fourth-order valence-electron chi connectivity index (χ4n) is 1.66. The fourth-order valence-corrected chi connectivity index (χ4v) is 3.61. The van der Waals surface area contributed by atoms with E-state index in [0.717, 1.165) is 24.8 Å². The molecular formula is C9H17NO2S. The van der Waals surface area contributed by atoms with E-state index in [4.69, 9.17) is 5.73 Å². The average Bonchev–Trinajstić information content (AvgIpc) is 2.08. The van der Waals surface area contributed by atoms with Crippen LogP contribution in [0, 0.1) is 0 Å². The summed E-state index contributed by atoms with van der Waals surface area (Å²) >= 11 is 0. The summed E-state index contributed by atoms with van der Waals surface area (Å²) in [5.41, 5.74) is 6.23. The lowest BCUT2D eigenvalue weighted by atomic mass is 10.1. The molecule has 0 aromatic carbocycles. The normalized spacial score (nSPS) is 27.0. The SMILES string of the molecule is C=C(CN)CC1CCCCS1(=O)=O. The maximum atomic E-state index is 11.6. The van der Waals surface area contributed by atoms with Gasteiger partial charge in [-0.2, -0.15) is 0 Å². The third kappa shape index (κ3) is 2.81. The molecular weight excluding hydrogens is 186 g/mol. The molecule has 4 heteroatoms. The molecule has 0 aliphatic carbocycles. The zero-order valence-electron chi connectivity index (χ0n) is 7.83. The van der Waals surface area contributed by atoms with E-state index in [9.17, 15) is 8.42 Å². The van der Waals surface area contributed by atoms with E-state index in [1.54, 1.807) is 0 Å². The molecule has 0 aromatic rings. The first-order valence-electron chi connectivity index (χ1n) is 4.64. The van der Waals surface area contributed by atoms with Gasteiger partial charge in [-0.15, -0.1) is 0 Å². The number of hydrogen-bond acceptors (Lipinski definition) is 3. The van der Waals surface area contributed by atoms with Crippen LogP contribution in [0.25, 0.3) is 0 Å². The van der Waals surface area contributed by atoms with E-state index in [0.29, 0.717) is 18.7 Å². The maximum Gasteiger partial charge on any atom is 0.153 e. The zero-order chi connectivity index (χ0) is 9.90. The van der Waals surface area contributed by atoms with Crippen LogP contribution in [0.2, 0.25) is 0 Å². The van der Waals surface area contributed by atoms with Crippen molar-refractivity contribution in [2.45, 2.75) is 30.9 Å². The molecule has 1 rings (SSSR count). The lowest BCUT2D eigenvalue weighted by Crippen LogP contribution is -2.29. The second-order valence-corrected chi connectivity index (χ2v) is 6.04. The second-order valence-electron chi connectivity index (χ2n) is 3.64. The Bertz CT molecular complexity index is 282. The second kappa shape index (κ2) is 4.24. The van der Waals surface area contributed by atoms with Gasteiger partial charge in [-0.05, 0) is 19.3 Å². The summed E-state index contributed by atoms with van der Waals surface area (Å²) < 4.78 is 23.1. The minimum atomic E-state index is -2.85. The molecule has 1 aliphatic heterocycles. The summed E-state index contributed by atoms with van der Waals surface area (Å²) in [5, 5.41) is -0.211. The lowest BCUT2D eigenvalue weighted by molar-refractivity contribution is 0.536. The molecule has 0 aromatic heterocycles. The van der Waals surface area contributed by atoms with Gasteiger partial charge in [0.15, 0.2) is 9.84 Å². The van der Waals surface area contributed by atoms with E-state index in [1.807, 2.05) is 0 Å². The van der Waals surface area contributed by atoms with Crippen molar-refractivity contribution in [3.63, 3.8) is 0 Å². The quantitative estimate of drug-likeness (QED) is 0.692. The number of nitrogens with two attached hydrogens (primary N) is 1. The van der Waals surface area contributed by atoms with E-state index in [2.05, 4.69) is 6.58 Å². The number of sulfone groups is 1. The molecule has 76 valence electrons. The molecule has 0 spiro atoms. The van der Waals surface area contributed by atoms with Gasteiger partial charge in [-0.1, -0.05) is 18.6 Å². The molecule has 1 atom stereocenters. The Balaban J connectivity index is 2.62. The molecule has 2 N–H and O–H groups in total. The van der Waals surface area contributed by atoms with Crippen LogP contribution in [0.3, 0.4) is 0 Å². The minimum Gasteiger partial charge on any atom is -0.327 e. The third-order valence-electron chi connectivity index (χ3n) is 2.52. The average molecular weight is 203 g/mol. The van der Waals surface area contributed by atoms with Crippen molar-refractivity contribution in [2.75, 3.05) is 12.3 Å². The van der Waals surface area contributed by atoms with E-state index < -0.39 is 9.84 Å². The van der Waals surface area contributed by atoms with Crippen molar-refractivity contribution in [1.82, 2.24) is 0 Å². The highest BCUT2D eigenvalue weighted by atomic mass is 32.2. The van der Waals surface area contributed by atoms with Crippen LogP contribution in [0.4, 0.5) is 0 Å². The fraction of sp³-hybridized carbons (Fsp3) is 0.778. The zero-order valence-corrected chi connectivity index (χ0v) is 8.65. The summed E-state index contributed by atoms with van der Waals surface area (Å²) in [6, 6.07) is 0. The molecule has 0 radical (unpaired) electrons. The van der Waals surface area contributed by atoms with E-state index >= 15 is 0 Å². The van der Waals surface area contributed by atoms with Gasteiger partial charge in [-0.25, -0.2) is 8.42 Å². The van der Waals surface area contributed by atoms with Crippen LogP contribution >= 0.6 is 0 Å². The van der Waals surface area contributed by atoms with Crippen LogP contribution in [-0.4, -0.2) is 26.0 Å². The predicted octanol–water partition coefficient (Wildman–Crippen LogP) is 0.859. The van der Waals surface area contributed by atoms with Gasteiger partial charge in [-0.3, -0.25) is 0 Å². The van der Waals surface area contributed by atoms with Gasteiger partial charge in [0, 0.05) is 6.54 Å². The van der Waals surface area contributed by atoms with Crippen molar-refractivity contribution < 1.29 is 8.42 Å². The first-order valence-corrected chi connectivity index (χ1v) is 6.36. The van der Waals surface area contributed by atoms with Gasteiger partial charge < -0.3 is 5.73 Å². The summed E-state index contributed by atoms with van der Waals surface area (Å²) in [7, 11) is -2.85. The van der Waals surface area contributed by atoms with Gasteiger partial charge in [0.1, 0.15) is 0 Å². The van der Waals surface area contributed by atoms with Gasteiger partial charge in [0.25, 0.3) is 0 Å². The lowest BCUT2D eigenvalue weighted by Gasteiger charge is -2.22. The maximum absolute atomic E-state index is 11.6. The van der Waals surface area contributed by atoms with Gasteiger partial charge in [0.05, 0.1) is 11.0 Å². The van der Waals surface area contributed by atoms with E-state index in [-0.39, 0.29) is 5.25 Å². The summed E-state index contributed by atoms with van der Waals surface area (Å²) in [6.45, 7) is 4.14. The summed E-state index contributed by atoms with van der Waals surface area (Å²) in [4.78, 5) is 0. The van der Waals surface area contributed by atoms with Gasteiger partial charge >= 0.3 is 0 Å². The Morgan fingerprint density at radius 2 is 2.15 bits per heavy atom. The smallest absolute Gasteiger partial charge is 0.153 e. The van der Waals surface area contributed by atoms with Crippen LogP contribution in [-0.2, 0) is 9.84 Å². The predicted molar refractivity (Wildman–Crippen MR) is 54.2 cm³/mol. The standard InChI is InChI=1S/C9H17NO2S/c1-8(7-10)6-9-4-2-3-5-13(9,11)12/h9H,1-7,10H2. The number of rotatable bonds is 3. The molecule has 0 bridgehead atoms. The van der Waals surface area contributed by atoms with Crippen molar-refractivity contribution in [1.29, 1.82) is 0 Å². The molecule has 1 unspecified atom stereocenters. The Morgan fingerprint density at radius 3 is 2.69 bits per heavy atom. The van der Waals surface area contributed by atoms with Crippen molar-refractivity contribution in [3.8, 4) is 0 Å². The molecule has 13 heavy (non-hydrogen) atoms. The summed E-state index contributed by atoms with van der Waals surface area (Å²) in [6.07, 6.45) is 3.16. The Morgan fingerprint density at radius 1 is 1.46 bits per heavy atom. The first kappa shape index (κ1) is 10.7. The van der Waals surface area contributed by atoms with Crippen molar-refractivity contribution >= 4 is 9.84 Å². The van der Waals surface area contributed by atoms with Crippen LogP contribution in [0.5, 0.6) is 0 Å². The van der Waals surface area contributed by atoms with Crippen LogP contribution in [0.1, 0.15) is 25.7 Å². The topological polar surface area (TPSA) is 60.2 Å². The summed E-state index contributed by atoms with van der Waals surface area (Å²) in [5.74, 6) is 0.343. The van der Waals surface area contributed by atoms with Crippen LogP contribution in [0.15, 0.2) is 12.2 Å². The van der Waals surface area contributed by atoms with E-state index in [1.165, 1.54) is 0 Å². The molecule has 0 amide bonds. The molecule has 1 fully saturated rings. The molecule has 1 saturated heterocycles. The molecule has 1 heterocycles. The monoisotopic (exact) mass is 203 g/mol. The van der Waals surface area contributed by atoms with Crippen LogP contribution < -0.4 is 5.73 Å². The first-order chi connectivity index (χ1) is 6.06.